The minimum Gasteiger partial charge on any atom is -0.481 e. The van der Waals surface area contributed by atoms with Crippen molar-refractivity contribution in [2.75, 3.05) is 24.7 Å². The Hall–Kier alpha value is -3.40. The Morgan fingerprint density at radius 1 is 1.03 bits per heavy atom. The van der Waals surface area contributed by atoms with E-state index in [4.69, 9.17) is 9.84 Å². The van der Waals surface area contributed by atoms with Crippen LogP contribution in [-0.2, 0) is 24.2 Å². The molecule has 9 nitrogen and oxygen atoms in total. The molecule has 1 aliphatic carbocycles. The second-order valence-electron chi connectivity index (χ2n) is 8.97. The number of hydrogen-bond acceptors (Lipinski definition) is 6. The molecular formula is C25H28N2O7S. The molecule has 35 heavy (non-hydrogen) atoms. The smallest absolute Gasteiger partial charge is 0.407 e. The van der Waals surface area contributed by atoms with Gasteiger partial charge in [0.05, 0.1) is 11.5 Å². The maximum Gasteiger partial charge on any atom is 0.407 e. The van der Waals surface area contributed by atoms with Gasteiger partial charge < -0.3 is 20.5 Å². The Morgan fingerprint density at radius 3 is 2.23 bits per heavy atom. The second kappa shape index (κ2) is 10.5. The fourth-order valence-corrected chi connectivity index (χ4v) is 6.58. The van der Waals surface area contributed by atoms with Crippen molar-refractivity contribution in [2.24, 2.45) is 5.92 Å². The summed E-state index contributed by atoms with van der Waals surface area (Å²) in [4.78, 5) is 36.3. The van der Waals surface area contributed by atoms with Gasteiger partial charge in [-0.05, 0) is 41.0 Å². The lowest BCUT2D eigenvalue weighted by Gasteiger charge is -2.20. The van der Waals surface area contributed by atoms with Gasteiger partial charge in [0.1, 0.15) is 12.6 Å². The summed E-state index contributed by atoms with van der Waals surface area (Å²) < 4.78 is 28.7. The minimum absolute atomic E-state index is 0.00682. The van der Waals surface area contributed by atoms with Gasteiger partial charge in [0.2, 0.25) is 5.91 Å². The first-order valence-electron chi connectivity index (χ1n) is 11.5. The van der Waals surface area contributed by atoms with Crippen LogP contribution < -0.4 is 10.6 Å². The van der Waals surface area contributed by atoms with Crippen LogP contribution in [0.25, 0.3) is 11.1 Å². The highest BCUT2D eigenvalue weighted by atomic mass is 32.2. The number of ether oxygens (including phenoxy) is 1. The fraction of sp³-hybridized carbons (Fsp3) is 0.400. The van der Waals surface area contributed by atoms with Crippen LogP contribution in [0.2, 0.25) is 0 Å². The van der Waals surface area contributed by atoms with Crippen molar-refractivity contribution in [3.8, 4) is 11.1 Å². The molecule has 0 aromatic heterocycles. The summed E-state index contributed by atoms with van der Waals surface area (Å²) >= 11 is 0. The number of alkyl carbamates (subject to hydrolysis) is 1. The van der Waals surface area contributed by atoms with Gasteiger partial charge in [-0.25, -0.2) is 13.2 Å². The summed E-state index contributed by atoms with van der Waals surface area (Å²) in [6.07, 6.45) is -0.795. The molecule has 2 atom stereocenters. The van der Waals surface area contributed by atoms with Crippen molar-refractivity contribution in [2.45, 2.75) is 31.2 Å². The van der Waals surface area contributed by atoms with Crippen LogP contribution in [0.5, 0.6) is 0 Å². The van der Waals surface area contributed by atoms with E-state index in [0.717, 1.165) is 22.3 Å². The number of carboxylic acid groups (broad SMARTS) is 1. The molecule has 4 rings (SSSR count). The van der Waals surface area contributed by atoms with E-state index in [1.807, 2.05) is 48.5 Å². The van der Waals surface area contributed by atoms with E-state index in [1.165, 1.54) is 0 Å². The lowest BCUT2D eigenvalue weighted by atomic mass is 9.98. The van der Waals surface area contributed by atoms with Gasteiger partial charge in [0.25, 0.3) is 0 Å². The molecule has 3 N–H and O–H groups in total. The van der Waals surface area contributed by atoms with Crippen LogP contribution >= 0.6 is 0 Å². The summed E-state index contributed by atoms with van der Waals surface area (Å²) in [7, 11) is -3.08. The van der Waals surface area contributed by atoms with Crippen LogP contribution in [0.1, 0.15) is 36.3 Å². The molecule has 2 aromatic carbocycles. The maximum absolute atomic E-state index is 12.7. The van der Waals surface area contributed by atoms with Crippen LogP contribution in [0.3, 0.4) is 0 Å². The summed E-state index contributed by atoms with van der Waals surface area (Å²) in [6, 6.07) is 14.7. The van der Waals surface area contributed by atoms with E-state index in [-0.39, 0.29) is 49.3 Å². The zero-order valence-corrected chi connectivity index (χ0v) is 19.9. The molecule has 186 valence electrons. The number of aliphatic carboxylic acids is 1. The normalized spacial score (nSPS) is 18.8. The van der Waals surface area contributed by atoms with Crippen molar-refractivity contribution < 1.29 is 32.6 Å². The highest BCUT2D eigenvalue weighted by Crippen LogP contribution is 2.44. The number of sulfone groups is 1. The molecule has 1 heterocycles. The predicted molar refractivity (Wildman–Crippen MR) is 129 cm³/mol. The van der Waals surface area contributed by atoms with E-state index < -0.39 is 33.8 Å². The number of carboxylic acids is 1. The first kappa shape index (κ1) is 24.7. The van der Waals surface area contributed by atoms with E-state index >= 15 is 0 Å². The summed E-state index contributed by atoms with van der Waals surface area (Å²) in [5, 5.41) is 14.2. The van der Waals surface area contributed by atoms with Gasteiger partial charge in [-0.1, -0.05) is 48.5 Å². The first-order chi connectivity index (χ1) is 16.7. The van der Waals surface area contributed by atoms with Gasteiger partial charge in [-0.3, -0.25) is 9.59 Å². The number of fused-ring (bicyclic) bond motifs is 3. The van der Waals surface area contributed by atoms with Gasteiger partial charge >= 0.3 is 12.1 Å². The third-order valence-electron chi connectivity index (χ3n) is 6.49. The van der Waals surface area contributed by atoms with Crippen molar-refractivity contribution in [1.29, 1.82) is 0 Å². The average Bonchev–Trinajstić information content (AvgIpc) is 3.35. The number of rotatable bonds is 9. The quantitative estimate of drug-likeness (QED) is 0.480. The predicted octanol–water partition coefficient (Wildman–Crippen LogP) is 2.31. The van der Waals surface area contributed by atoms with E-state index in [2.05, 4.69) is 10.6 Å². The Balaban J connectivity index is 1.36. The zero-order chi connectivity index (χ0) is 25.0. The number of carbonyl (C=O) groups is 3. The SMILES string of the molecule is O=C(O)CCC(NC(=O)OCC1c2ccccc2-c2ccccc21)C(=O)NCC1CCS(=O)(=O)C1. The van der Waals surface area contributed by atoms with Crippen molar-refractivity contribution >= 4 is 27.8 Å². The second-order valence-corrected chi connectivity index (χ2v) is 11.2. The number of carbonyl (C=O) groups excluding carboxylic acids is 2. The summed E-state index contributed by atoms with van der Waals surface area (Å²) in [5.41, 5.74) is 4.27. The molecule has 0 radical (unpaired) electrons. The molecule has 0 bridgehead atoms. The van der Waals surface area contributed by atoms with E-state index in [0.29, 0.717) is 6.42 Å². The third-order valence-corrected chi connectivity index (χ3v) is 8.33. The first-order valence-corrected chi connectivity index (χ1v) is 13.4. The number of hydrogen-bond donors (Lipinski definition) is 3. The van der Waals surface area contributed by atoms with E-state index in [1.54, 1.807) is 0 Å². The monoisotopic (exact) mass is 500 g/mol. The highest BCUT2D eigenvalue weighted by molar-refractivity contribution is 7.91. The van der Waals surface area contributed by atoms with E-state index in [9.17, 15) is 22.8 Å². The minimum atomic E-state index is -3.08. The Bertz CT molecular complexity index is 1180. The maximum atomic E-state index is 12.7. The van der Waals surface area contributed by atoms with Crippen molar-refractivity contribution in [3.05, 3.63) is 59.7 Å². The van der Waals surface area contributed by atoms with Crippen LogP contribution in [-0.4, -0.2) is 62.2 Å². The molecule has 10 heteroatoms. The molecule has 2 amide bonds. The Labute approximate surface area is 203 Å². The molecule has 0 spiro atoms. The molecule has 1 aliphatic heterocycles. The van der Waals surface area contributed by atoms with Crippen molar-refractivity contribution in [1.82, 2.24) is 10.6 Å². The Kier molecular flexibility index (Phi) is 7.39. The largest absolute Gasteiger partial charge is 0.481 e. The van der Waals surface area contributed by atoms with Gasteiger partial charge in [-0.2, -0.15) is 0 Å². The zero-order valence-electron chi connectivity index (χ0n) is 19.1. The molecule has 2 aromatic rings. The van der Waals surface area contributed by atoms with Crippen LogP contribution in [0.4, 0.5) is 4.79 Å². The summed E-state index contributed by atoms with van der Waals surface area (Å²) in [5.74, 6) is -1.91. The molecule has 2 unspecified atom stereocenters. The Morgan fingerprint density at radius 2 is 1.66 bits per heavy atom. The summed E-state index contributed by atoms with van der Waals surface area (Å²) in [6.45, 7) is 0.209. The topological polar surface area (TPSA) is 139 Å². The van der Waals surface area contributed by atoms with Crippen LogP contribution in [0.15, 0.2) is 48.5 Å². The molecule has 1 fully saturated rings. The lowest BCUT2D eigenvalue weighted by Crippen LogP contribution is -2.48. The molecular weight excluding hydrogens is 472 g/mol. The van der Waals surface area contributed by atoms with Crippen LogP contribution in [0, 0.1) is 5.92 Å². The molecule has 0 saturated carbocycles. The van der Waals surface area contributed by atoms with Gasteiger partial charge in [0, 0.05) is 18.9 Å². The lowest BCUT2D eigenvalue weighted by molar-refractivity contribution is -0.137. The average molecular weight is 501 g/mol. The van der Waals surface area contributed by atoms with Gasteiger partial charge in [-0.15, -0.1) is 0 Å². The fourth-order valence-electron chi connectivity index (χ4n) is 4.72. The highest BCUT2D eigenvalue weighted by Gasteiger charge is 2.31. The van der Waals surface area contributed by atoms with Crippen molar-refractivity contribution in [3.63, 3.8) is 0 Å². The number of benzene rings is 2. The number of amides is 2. The van der Waals surface area contributed by atoms with Gasteiger partial charge in [0.15, 0.2) is 9.84 Å². The molecule has 1 saturated heterocycles. The standard InChI is InChI=1S/C25H28N2O7S/c28-23(29)10-9-22(24(30)26-13-16-11-12-35(32,33)15-16)27-25(31)34-14-21-19-7-3-1-5-17(19)18-6-2-4-8-20(18)21/h1-8,16,21-22H,9-15H2,(H,26,30)(H,27,31)(H,28,29). The number of nitrogens with one attached hydrogen (secondary N) is 2. The third kappa shape index (κ3) is 6.00. The molecule has 2 aliphatic rings.